The SMILES string of the molecule is COC(c1ccccc1)N1CCCn2c(c3c(=O)n(-c4ccccc4Cl)[nH]c3cc2=O)C1. The third-order valence-corrected chi connectivity index (χ3v) is 6.30. The van der Waals surface area contributed by atoms with Crippen LogP contribution >= 0.6 is 11.6 Å². The van der Waals surface area contributed by atoms with E-state index >= 15 is 0 Å². The maximum atomic E-state index is 13.5. The van der Waals surface area contributed by atoms with Crippen LogP contribution in [0.5, 0.6) is 0 Å². The zero-order valence-electron chi connectivity index (χ0n) is 17.6. The van der Waals surface area contributed by atoms with Crippen LogP contribution in [-0.4, -0.2) is 32.9 Å². The van der Waals surface area contributed by atoms with Gasteiger partial charge in [0, 0.05) is 32.8 Å². The minimum atomic E-state index is -0.280. The fraction of sp³-hybridized carbons (Fsp3) is 0.250. The van der Waals surface area contributed by atoms with Crippen molar-refractivity contribution in [2.75, 3.05) is 13.7 Å². The van der Waals surface area contributed by atoms with Crippen molar-refractivity contribution in [3.05, 3.63) is 97.7 Å². The Labute approximate surface area is 189 Å². The van der Waals surface area contributed by atoms with E-state index in [-0.39, 0.29) is 17.3 Å². The van der Waals surface area contributed by atoms with Gasteiger partial charge in [-0.3, -0.25) is 19.6 Å². The molecule has 1 atom stereocenters. The molecule has 0 spiro atoms. The first kappa shape index (κ1) is 20.8. The van der Waals surface area contributed by atoms with Gasteiger partial charge in [-0.1, -0.05) is 54.1 Å². The Hall–Kier alpha value is -3.13. The van der Waals surface area contributed by atoms with Crippen LogP contribution < -0.4 is 11.1 Å². The van der Waals surface area contributed by atoms with Gasteiger partial charge < -0.3 is 9.30 Å². The fourth-order valence-electron chi connectivity index (χ4n) is 4.54. The van der Waals surface area contributed by atoms with Crippen molar-refractivity contribution >= 4 is 22.5 Å². The van der Waals surface area contributed by atoms with Crippen LogP contribution in [0.3, 0.4) is 0 Å². The topological polar surface area (TPSA) is 72.3 Å². The second kappa shape index (κ2) is 8.43. The number of hydrogen-bond acceptors (Lipinski definition) is 4. The molecule has 2 aromatic carbocycles. The van der Waals surface area contributed by atoms with Crippen LogP contribution in [0.15, 0.2) is 70.3 Å². The van der Waals surface area contributed by atoms with E-state index in [1.54, 1.807) is 23.8 Å². The second-order valence-electron chi connectivity index (χ2n) is 7.90. The summed E-state index contributed by atoms with van der Waals surface area (Å²) in [6.07, 6.45) is 0.492. The summed E-state index contributed by atoms with van der Waals surface area (Å²) in [5, 5.41) is 4.03. The Kier molecular flexibility index (Phi) is 5.46. The molecule has 3 heterocycles. The van der Waals surface area contributed by atoms with E-state index in [2.05, 4.69) is 10.00 Å². The summed E-state index contributed by atoms with van der Waals surface area (Å²) in [6.45, 7) is 1.69. The molecule has 164 valence electrons. The molecule has 0 aliphatic carbocycles. The molecule has 0 fully saturated rings. The van der Waals surface area contributed by atoms with Crippen molar-refractivity contribution in [1.82, 2.24) is 19.2 Å². The Morgan fingerprint density at radius 3 is 2.53 bits per heavy atom. The average molecular weight is 451 g/mol. The van der Waals surface area contributed by atoms with E-state index in [1.807, 2.05) is 42.5 Å². The molecule has 2 aromatic heterocycles. The van der Waals surface area contributed by atoms with E-state index in [9.17, 15) is 9.59 Å². The summed E-state index contributed by atoms with van der Waals surface area (Å²) >= 11 is 6.34. The molecule has 0 bridgehead atoms. The predicted molar refractivity (Wildman–Crippen MR) is 124 cm³/mol. The quantitative estimate of drug-likeness (QED) is 0.514. The fourth-order valence-corrected chi connectivity index (χ4v) is 4.76. The van der Waals surface area contributed by atoms with Crippen LogP contribution in [-0.2, 0) is 17.8 Å². The van der Waals surface area contributed by atoms with Crippen LogP contribution in [0, 0.1) is 0 Å². The molecular weight excluding hydrogens is 428 g/mol. The van der Waals surface area contributed by atoms with Crippen molar-refractivity contribution in [3.63, 3.8) is 0 Å². The number of aromatic amines is 1. The molecule has 0 saturated carbocycles. The second-order valence-corrected chi connectivity index (χ2v) is 8.30. The highest BCUT2D eigenvalue weighted by Crippen LogP contribution is 2.28. The smallest absolute Gasteiger partial charge is 0.280 e. The standard InChI is InChI=1S/C24H23ClN4O3/c1-32-24(16-8-3-2-4-9-16)27-12-7-13-28-20(15-27)22-18(14-21(28)30)26-29(23(22)31)19-11-6-5-10-17(19)25/h2-6,8-11,14,24,26H,7,12-13,15H2,1H3. The Morgan fingerprint density at radius 2 is 1.78 bits per heavy atom. The van der Waals surface area contributed by atoms with Crippen LogP contribution in [0.25, 0.3) is 16.6 Å². The number of benzene rings is 2. The van der Waals surface area contributed by atoms with Crippen LogP contribution in [0.4, 0.5) is 0 Å². The molecule has 5 rings (SSSR count). The maximum absolute atomic E-state index is 13.5. The average Bonchev–Trinajstić information content (AvgIpc) is 2.97. The van der Waals surface area contributed by atoms with E-state index in [0.717, 1.165) is 18.5 Å². The minimum absolute atomic E-state index is 0.129. The lowest BCUT2D eigenvalue weighted by Gasteiger charge is -2.29. The van der Waals surface area contributed by atoms with Gasteiger partial charge >= 0.3 is 0 Å². The summed E-state index contributed by atoms with van der Waals surface area (Å²) < 4.78 is 8.96. The van der Waals surface area contributed by atoms with E-state index in [1.165, 1.54) is 10.7 Å². The van der Waals surface area contributed by atoms with E-state index in [0.29, 0.717) is 40.4 Å². The third-order valence-electron chi connectivity index (χ3n) is 5.98. The number of methoxy groups -OCH3 is 1. The molecule has 1 N–H and O–H groups in total. The molecule has 1 unspecified atom stereocenters. The van der Waals surface area contributed by atoms with Gasteiger partial charge in [-0.05, 0) is 24.1 Å². The number of H-pyrrole nitrogens is 1. The molecule has 7 nitrogen and oxygen atoms in total. The summed E-state index contributed by atoms with van der Waals surface area (Å²) in [4.78, 5) is 28.6. The van der Waals surface area contributed by atoms with Gasteiger partial charge in [-0.15, -0.1) is 0 Å². The number of hydrogen-bond donors (Lipinski definition) is 1. The highest BCUT2D eigenvalue weighted by molar-refractivity contribution is 6.32. The number of para-hydroxylation sites is 1. The number of nitrogens with one attached hydrogen (secondary N) is 1. The molecule has 32 heavy (non-hydrogen) atoms. The van der Waals surface area contributed by atoms with Gasteiger partial charge in [0.1, 0.15) is 6.23 Å². The number of rotatable bonds is 4. The lowest BCUT2D eigenvalue weighted by Crippen LogP contribution is -2.31. The number of nitrogens with zero attached hydrogens (tertiary/aromatic N) is 3. The molecular formula is C24H23ClN4O3. The first-order chi connectivity index (χ1) is 15.6. The number of fused-ring (bicyclic) bond motifs is 3. The van der Waals surface area contributed by atoms with E-state index < -0.39 is 0 Å². The highest BCUT2D eigenvalue weighted by Gasteiger charge is 2.27. The molecule has 1 aliphatic heterocycles. The normalized spacial score (nSPS) is 15.4. The van der Waals surface area contributed by atoms with Crippen molar-refractivity contribution in [3.8, 4) is 5.69 Å². The molecule has 1 aliphatic rings. The zero-order valence-corrected chi connectivity index (χ0v) is 18.4. The summed E-state index contributed by atoms with van der Waals surface area (Å²) in [6, 6.07) is 18.6. The van der Waals surface area contributed by atoms with Crippen molar-refractivity contribution in [1.29, 1.82) is 0 Å². The molecule has 0 saturated heterocycles. The maximum Gasteiger partial charge on any atom is 0.280 e. The van der Waals surface area contributed by atoms with Gasteiger partial charge in [0.25, 0.3) is 11.1 Å². The summed E-state index contributed by atoms with van der Waals surface area (Å²) in [5.74, 6) is 0. The first-order valence-corrected chi connectivity index (χ1v) is 10.9. The first-order valence-electron chi connectivity index (χ1n) is 10.5. The Balaban J connectivity index is 1.67. The van der Waals surface area contributed by atoms with Gasteiger partial charge in [0.15, 0.2) is 0 Å². The van der Waals surface area contributed by atoms with Crippen molar-refractivity contribution < 1.29 is 4.74 Å². The number of aromatic nitrogens is 3. The zero-order chi connectivity index (χ0) is 22.2. The monoisotopic (exact) mass is 450 g/mol. The Bertz CT molecular complexity index is 1390. The van der Waals surface area contributed by atoms with Crippen molar-refractivity contribution in [2.24, 2.45) is 0 Å². The number of halogens is 1. The Morgan fingerprint density at radius 1 is 1.03 bits per heavy atom. The van der Waals surface area contributed by atoms with E-state index in [4.69, 9.17) is 16.3 Å². The third kappa shape index (κ3) is 3.48. The largest absolute Gasteiger partial charge is 0.362 e. The summed E-state index contributed by atoms with van der Waals surface area (Å²) in [7, 11) is 1.68. The lowest BCUT2D eigenvalue weighted by molar-refractivity contribution is -0.0392. The molecule has 0 amide bonds. The highest BCUT2D eigenvalue weighted by atomic mass is 35.5. The van der Waals surface area contributed by atoms with Crippen LogP contribution in [0.2, 0.25) is 5.02 Å². The molecule has 0 radical (unpaired) electrons. The van der Waals surface area contributed by atoms with Gasteiger partial charge in [0.2, 0.25) is 0 Å². The minimum Gasteiger partial charge on any atom is -0.362 e. The van der Waals surface area contributed by atoms with Gasteiger partial charge in [-0.25, -0.2) is 4.68 Å². The lowest BCUT2D eigenvalue weighted by atomic mass is 10.1. The molecule has 8 heteroatoms. The van der Waals surface area contributed by atoms with Crippen LogP contribution in [0.1, 0.15) is 23.9 Å². The van der Waals surface area contributed by atoms with Gasteiger partial charge in [0.05, 0.1) is 27.3 Å². The van der Waals surface area contributed by atoms with Crippen molar-refractivity contribution in [2.45, 2.75) is 25.7 Å². The predicted octanol–water partition coefficient (Wildman–Crippen LogP) is 3.68. The summed E-state index contributed by atoms with van der Waals surface area (Å²) in [5.41, 5.74) is 2.41. The number of pyridine rings is 1. The number of ether oxygens (including phenoxy) is 1. The molecule has 4 aromatic rings. The van der Waals surface area contributed by atoms with Gasteiger partial charge in [-0.2, -0.15) is 0 Å².